The van der Waals surface area contributed by atoms with Crippen LogP contribution >= 0.6 is 0 Å². The van der Waals surface area contributed by atoms with Crippen LogP contribution in [0.1, 0.15) is 69.4 Å². The zero-order valence-electron chi connectivity index (χ0n) is 21.4. The Bertz CT molecular complexity index is 894. The molecule has 3 aliphatic rings. The van der Waals surface area contributed by atoms with Gasteiger partial charge in [0.1, 0.15) is 0 Å². The quantitative estimate of drug-likeness (QED) is 0.575. The second-order valence-electron chi connectivity index (χ2n) is 10.7. The number of esters is 1. The van der Waals surface area contributed by atoms with Crippen LogP contribution in [-0.2, 0) is 25.5 Å². The minimum atomic E-state index is -0.323. The molecule has 1 aromatic rings. The minimum absolute atomic E-state index is 0.0188. The molecule has 0 bridgehead atoms. The molecule has 4 rings (SSSR count). The van der Waals surface area contributed by atoms with Gasteiger partial charge < -0.3 is 15.0 Å². The molecule has 2 atom stereocenters. The summed E-state index contributed by atoms with van der Waals surface area (Å²) in [7, 11) is 0. The van der Waals surface area contributed by atoms with Gasteiger partial charge in [-0.05, 0) is 70.9 Å². The van der Waals surface area contributed by atoms with Crippen LogP contribution in [0.5, 0.6) is 0 Å². The van der Waals surface area contributed by atoms with E-state index in [4.69, 9.17) is 4.74 Å². The maximum Gasteiger partial charge on any atom is 0.310 e. The normalized spacial score (nSPS) is 25.9. The first kappa shape index (κ1) is 25.7. The van der Waals surface area contributed by atoms with Crippen LogP contribution in [0.15, 0.2) is 24.3 Å². The second-order valence-corrected chi connectivity index (χ2v) is 10.7. The number of rotatable bonds is 8. The fourth-order valence-electron chi connectivity index (χ4n) is 6.05. The van der Waals surface area contributed by atoms with Gasteiger partial charge in [0.05, 0.1) is 12.5 Å². The van der Waals surface area contributed by atoms with Gasteiger partial charge in [-0.15, -0.1) is 0 Å². The summed E-state index contributed by atoms with van der Waals surface area (Å²) in [6.07, 6.45) is 7.07. The van der Waals surface area contributed by atoms with E-state index in [-0.39, 0.29) is 29.2 Å². The van der Waals surface area contributed by atoms with Crippen LogP contribution < -0.4 is 5.32 Å². The maximum atomic E-state index is 13.1. The predicted molar refractivity (Wildman–Crippen MR) is 135 cm³/mol. The Labute approximate surface area is 209 Å². The molecule has 3 heterocycles. The van der Waals surface area contributed by atoms with Crippen molar-refractivity contribution < 1.29 is 19.1 Å². The van der Waals surface area contributed by atoms with Crippen LogP contribution in [0.25, 0.3) is 0 Å². The Morgan fingerprint density at radius 3 is 2.51 bits per heavy atom. The topological polar surface area (TPSA) is 79.0 Å². The maximum absolute atomic E-state index is 13.1. The summed E-state index contributed by atoms with van der Waals surface area (Å²) in [6.45, 7) is 7.70. The van der Waals surface area contributed by atoms with Crippen molar-refractivity contribution in [1.82, 2.24) is 15.1 Å². The summed E-state index contributed by atoms with van der Waals surface area (Å²) in [5.41, 5.74) is 2.10. The van der Waals surface area contributed by atoms with E-state index in [1.165, 1.54) is 11.1 Å². The number of hydrogen-bond donors (Lipinski definition) is 1. The molecule has 7 nitrogen and oxygen atoms in total. The Kier molecular flexibility index (Phi) is 8.47. The number of amides is 2. The van der Waals surface area contributed by atoms with Gasteiger partial charge in [0, 0.05) is 44.1 Å². The molecule has 3 saturated heterocycles. The van der Waals surface area contributed by atoms with Gasteiger partial charge in [-0.25, -0.2) is 0 Å². The highest BCUT2D eigenvalue weighted by atomic mass is 16.5. The first-order valence-corrected chi connectivity index (χ1v) is 13.4. The molecule has 0 aromatic heterocycles. The van der Waals surface area contributed by atoms with Crippen molar-refractivity contribution in [3.63, 3.8) is 0 Å². The van der Waals surface area contributed by atoms with E-state index in [0.717, 1.165) is 64.7 Å². The number of nitrogens with one attached hydrogen (secondary N) is 1. The number of ether oxygens (including phenoxy) is 1. The Morgan fingerprint density at radius 2 is 1.86 bits per heavy atom. The lowest BCUT2D eigenvalue weighted by Crippen LogP contribution is -2.51. The molecule has 0 radical (unpaired) electrons. The van der Waals surface area contributed by atoms with Crippen molar-refractivity contribution in [2.45, 2.75) is 83.2 Å². The third-order valence-corrected chi connectivity index (χ3v) is 8.12. The van der Waals surface area contributed by atoms with Gasteiger partial charge in [-0.1, -0.05) is 29.8 Å². The molecule has 1 aromatic carbocycles. The van der Waals surface area contributed by atoms with E-state index >= 15 is 0 Å². The van der Waals surface area contributed by atoms with E-state index in [9.17, 15) is 14.4 Å². The van der Waals surface area contributed by atoms with Crippen molar-refractivity contribution >= 4 is 17.8 Å². The van der Waals surface area contributed by atoms with Crippen molar-refractivity contribution in [2.75, 3.05) is 32.8 Å². The fraction of sp³-hybridized carbons (Fsp3) is 0.679. The van der Waals surface area contributed by atoms with Gasteiger partial charge in [0.2, 0.25) is 11.8 Å². The largest absolute Gasteiger partial charge is 0.466 e. The van der Waals surface area contributed by atoms with E-state index in [2.05, 4.69) is 41.4 Å². The van der Waals surface area contributed by atoms with Crippen LogP contribution in [-0.4, -0.2) is 72.0 Å². The molecule has 0 saturated carbocycles. The second kappa shape index (κ2) is 11.5. The van der Waals surface area contributed by atoms with Crippen LogP contribution in [0.2, 0.25) is 0 Å². The third kappa shape index (κ3) is 6.63. The van der Waals surface area contributed by atoms with E-state index < -0.39 is 0 Å². The van der Waals surface area contributed by atoms with Gasteiger partial charge >= 0.3 is 5.97 Å². The number of likely N-dealkylation sites (tertiary alicyclic amines) is 2. The lowest BCUT2D eigenvalue weighted by molar-refractivity contribution is -0.150. The smallest absolute Gasteiger partial charge is 0.310 e. The van der Waals surface area contributed by atoms with Crippen LogP contribution in [0.4, 0.5) is 0 Å². The molecule has 3 fully saturated rings. The summed E-state index contributed by atoms with van der Waals surface area (Å²) in [4.78, 5) is 41.8. The number of nitrogens with zero attached hydrogens (tertiary/aromatic N) is 2. The third-order valence-electron chi connectivity index (χ3n) is 8.12. The van der Waals surface area contributed by atoms with Crippen molar-refractivity contribution in [1.29, 1.82) is 0 Å². The summed E-state index contributed by atoms with van der Waals surface area (Å²) in [5, 5.41) is 3.21. The molecule has 3 aliphatic heterocycles. The molecule has 0 spiro atoms. The Balaban J connectivity index is 1.27. The molecule has 0 aliphatic carbocycles. The first-order valence-electron chi connectivity index (χ1n) is 13.4. The summed E-state index contributed by atoms with van der Waals surface area (Å²) < 4.78 is 5.25. The average molecular weight is 484 g/mol. The number of hydrogen-bond acceptors (Lipinski definition) is 5. The highest BCUT2D eigenvalue weighted by Gasteiger charge is 2.39. The van der Waals surface area contributed by atoms with Gasteiger partial charge in [-0.2, -0.15) is 0 Å². The summed E-state index contributed by atoms with van der Waals surface area (Å²) >= 11 is 0. The fourth-order valence-corrected chi connectivity index (χ4v) is 6.05. The van der Waals surface area contributed by atoms with Gasteiger partial charge in [0.25, 0.3) is 0 Å². The zero-order valence-corrected chi connectivity index (χ0v) is 21.4. The molecule has 2 amide bonds. The molecule has 7 heteroatoms. The molecule has 0 unspecified atom stereocenters. The lowest BCUT2D eigenvalue weighted by atomic mass is 9.84. The molecule has 35 heavy (non-hydrogen) atoms. The number of benzene rings is 1. The number of piperidine rings is 2. The Morgan fingerprint density at radius 1 is 1.11 bits per heavy atom. The van der Waals surface area contributed by atoms with Gasteiger partial charge in [-0.3, -0.25) is 19.3 Å². The van der Waals surface area contributed by atoms with E-state index in [0.29, 0.717) is 31.9 Å². The summed E-state index contributed by atoms with van der Waals surface area (Å²) in [6, 6.07) is 8.89. The first-order chi connectivity index (χ1) is 16.9. The predicted octanol–water partition coefficient (Wildman–Crippen LogP) is 3.23. The summed E-state index contributed by atoms with van der Waals surface area (Å²) in [5.74, 6) is 0.196. The molecule has 1 N–H and O–H groups in total. The zero-order chi connectivity index (χ0) is 24.8. The number of carbonyl (C=O) groups is 3. The highest BCUT2D eigenvalue weighted by molar-refractivity contribution is 5.80. The van der Waals surface area contributed by atoms with Gasteiger partial charge in [0.15, 0.2) is 0 Å². The van der Waals surface area contributed by atoms with Crippen molar-refractivity contribution in [3.05, 3.63) is 35.4 Å². The molecular formula is C28H41N3O4. The minimum Gasteiger partial charge on any atom is -0.466 e. The van der Waals surface area contributed by atoms with Crippen molar-refractivity contribution in [3.8, 4) is 0 Å². The van der Waals surface area contributed by atoms with Crippen LogP contribution in [0.3, 0.4) is 0 Å². The van der Waals surface area contributed by atoms with Crippen molar-refractivity contribution in [2.24, 2.45) is 5.92 Å². The molecular weight excluding hydrogens is 442 g/mol. The lowest BCUT2D eigenvalue weighted by Gasteiger charge is -2.42. The standard InChI is InChI=1S/C28H41N3O4/c1-3-35-27(34)23-5-4-16-31(20-23)24-12-17-30(18-13-24)26(33)11-15-28(14-10-25(32)29-28)19-22-8-6-21(2)7-9-22/h6-9,23-24H,3-5,10-20H2,1-2H3,(H,29,32)/t23-,28-/m1/s1. The number of aryl methyl sites for hydroxylation is 1. The molecule has 192 valence electrons. The van der Waals surface area contributed by atoms with Crippen LogP contribution in [0, 0.1) is 12.8 Å². The Hall–Kier alpha value is -2.41. The highest BCUT2D eigenvalue weighted by Crippen LogP contribution is 2.31. The SMILES string of the molecule is CCOC(=O)[C@@H]1CCCN(C2CCN(C(=O)CC[C@@]3(Cc4ccc(C)cc4)CCC(=O)N3)CC2)C1. The van der Waals surface area contributed by atoms with E-state index in [1.54, 1.807) is 0 Å². The monoisotopic (exact) mass is 483 g/mol. The average Bonchev–Trinajstić information content (AvgIpc) is 3.24. The van der Waals surface area contributed by atoms with E-state index in [1.807, 2.05) is 11.8 Å². The number of carbonyl (C=O) groups excluding carboxylic acids is 3.